The molecule has 160 valence electrons. The molecule has 0 saturated carbocycles. The highest BCUT2D eigenvalue weighted by Crippen LogP contribution is 2.27. The lowest BCUT2D eigenvalue weighted by Gasteiger charge is -2.31. The van der Waals surface area contributed by atoms with Gasteiger partial charge < -0.3 is 15.5 Å². The van der Waals surface area contributed by atoms with Crippen LogP contribution in [-0.4, -0.2) is 72.3 Å². The van der Waals surface area contributed by atoms with E-state index in [0.29, 0.717) is 19.0 Å². The number of amides is 6. The first-order valence-electron chi connectivity index (χ1n) is 9.69. The molecule has 1 aromatic heterocycles. The SMILES string of the molecule is CNC(=O)NC(=O)CCN1CCC(c2cnn(CCC(=O)NC(=O)NC)c2)CC1. The summed E-state index contributed by atoms with van der Waals surface area (Å²) in [6, 6.07) is -1.01. The van der Waals surface area contributed by atoms with E-state index in [9.17, 15) is 19.2 Å². The Balaban J connectivity index is 1.70. The maximum Gasteiger partial charge on any atom is 0.321 e. The molecular weight excluding hydrogens is 378 g/mol. The Morgan fingerprint density at radius 1 is 0.966 bits per heavy atom. The second kappa shape index (κ2) is 11.1. The topological polar surface area (TPSA) is 137 Å². The summed E-state index contributed by atoms with van der Waals surface area (Å²) in [5.74, 6) is -0.247. The Hall–Kier alpha value is -2.95. The Bertz CT molecular complexity index is 726. The summed E-state index contributed by atoms with van der Waals surface area (Å²) in [5.41, 5.74) is 1.13. The predicted molar refractivity (Wildman–Crippen MR) is 105 cm³/mol. The molecule has 4 N–H and O–H groups in total. The van der Waals surface area contributed by atoms with Crippen molar-refractivity contribution in [1.82, 2.24) is 35.9 Å². The molecule has 0 radical (unpaired) electrons. The van der Waals surface area contributed by atoms with Crippen molar-refractivity contribution in [3.05, 3.63) is 18.0 Å². The maximum atomic E-state index is 11.7. The summed E-state index contributed by atoms with van der Waals surface area (Å²) in [6.07, 6.45) is 6.15. The Morgan fingerprint density at radius 3 is 2.07 bits per heavy atom. The summed E-state index contributed by atoms with van der Waals surface area (Å²) in [5, 5.41) is 13.5. The number of nitrogens with one attached hydrogen (secondary N) is 4. The minimum absolute atomic E-state index is 0.172. The molecule has 0 aromatic carbocycles. The zero-order valence-electron chi connectivity index (χ0n) is 16.9. The van der Waals surface area contributed by atoms with Crippen LogP contribution in [0, 0.1) is 0 Å². The van der Waals surface area contributed by atoms with Crippen molar-refractivity contribution in [2.45, 2.75) is 38.1 Å². The number of carbonyl (C=O) groups is 4. The quantitative estimate of drug-likeness (QED) is 0.492. The van der Waals surface area contributed by atoms with Gasteiger partial charge in [-0.25, -0.2) is 9.59 Å². The van der Waals surface area contributed by atoms with Crippen molar-refractivity contribution in [3.63, 3.8) is 0 Å². The van der Waals surface area contributed by atoms with Crippen molar-refractivity contribution in [3.8, 4) is 0 Å². The van der Waals surface area contributed by atoms with Gasteiger partial charge in [-0.3, -0.25) is 24.9 Å². The lowest BCUT2D eigenvalue weighted by Crippen LogP contribution is -2.40. The average Bonchev–Trinajstić information content (AvgIpc) is 3.20. The largest absolute Gasteiger partial charge is 0.341 e. The zero-order chi connectivity index (χ0) is 21.2. The van der Waals surface area contributed by atoms with E-state index in [1.54, 1.807) is 4.68 Å². The molecule has 1 aromatic rings. The van der Waals surface area contributed by atoms with Gasteiger partial charge in [0.05, 0.1) is 6.20 Å². The van der Waals surface area contributed by atoms with Crippen molar-refractivity contribution >= 4 is 23.9 Å². The fourth-order valence-corrected chi connectivity index (χ4v) is 3.18. The zero-order valence-corrected chi connectivity index (χ0v) is 16.9. The number of hydrogen-bond donors (Lipinski definition) is 4. The molecule has 1 aliphatic rings. The van der Waals surface area contributed by atoms with Gasteiger partial charge in [0.2, 0.25) is 11.8 Å². The van der Waals surface area contributed by atoms with Crippen molar-refractivity contribution in [2.75, 3.05) is 33.7 Å². The number of piperidine rings is 1. The van der Waals surface area contributed by atoms with E-state index in [0.717, 1.165) is 31.5 Å². The molecule has 6 amide bonds. The van der Waals surface area contributed by atoms with Crippen molar-refractivity contribution in [2.24, 2.45) is 0 Å². The maximum absolute atomic E-state index is 11.7. The molecule has 1 aliphatic heterocycles. The van der Waals surface area contributed by atoms with Crippen LogP contribution in [0.1, 0.15) is 37.2 Å². The van der Waals surface area contributed by atoms with Gasteiger partial charge in [-0.2, -0.15) is 5.10 Å². The van der Waals surface area contributed by atoms with Gasteiger partial charge in [-0.15, -0.1) is 0 Å². The third kappa shape index (κ3) is 7.53. The lowest BCUT2D eigenvalue weighted by atomic mass is 9.91. The first-order valence-corrected chi connectivity index (χ1v) is 9.69. The van der Waals surface area contributed by atoms with Crippen LogP contribution in [0.5, 0.6) is 0 Å². The summed E-state index contributed by atoms with van der Waals surface area (Å²) in [6.45, 7) is 2.77. The number of carbonyl (C=O) groups excluding carboxylic acids is 4. The number of likely N-dealkylation sites (tertiary alicyclic amines) is 1. The Kier molecular flexibility index (Phi) is 8.59. The first-order chi connectivity index (χ1) is 13.9. The van der Waals surface area contributed by atoms with Gasteiger partial charge in [0.1, 0.15) is 0 Å². The predicted octanol–water partition coefficient (Wildman–Crippen LogP) is -0.246. The van der Waals surface area contributed by atoms with E-state index in [2.05, 4.69) is 31.3 Å². The number of urea groups is 2. The van der Waals surface area contributed by atoms with Gasteiger partial charge in [0.15, 0.2) is 0 Å². The second-order valence-electron chi connectivity index (χ2n) is 6.91. The molecule has 11 heteroatoms. The third-order valence-electron chi connectivity index (χ3n) is 4.90. The fourth-order valence-electron chi connectivity index (χ4n) is 3.18. The smallest absolute Gasteiger partial charge is 0.321 e. The van der Waals surface area contributed by atoms with E-state index < -0.39 is 12.1 Å². The van der Waals surface area contributed by atoms with Crippen molar-refractivity contribution in [1.29, 1.82) is 0 Å². The molecule has 11 nitrogen and oxygen atoms in total. The highest BCUT2D eigenvalue weighted by Gasteiger charge is 2.22. The van der Waals surface area contributed by atoms with Gasteiger partial charge in [-0.05, 0) is 37.4 Å². The van der Waals surface area contributed by atoms with Crippen molar-refractivity contribution < 1.29 is 19.2 Å². The first kappa shape index (κ1) is 22.3. The highest BCUT2D eigenvalue weighted by atomic mass is 16.2. The second-order valence-corrected chi connectivity index (χ2v) is 6.91. The molecule has 2 heterocycles. The molecule has 1 fully saturated rings. The minimum atomic E-state index is -0.519. The van der Waals surface area contributed by atoms with Gasteiger partial charge in [0, 0.05) is 46.2 Å². The molecule has 2 rings (SSSR count). The van der Waals surface area contributed by atoms with E-state index in [1.165, 1.54) is 14.1 Å². The van der Waals surface area contributed by atoms with E-state index in [4.69, 9.17) is 0 Å². The summed E-state index contributed by atoms with van der Waals surface area (Å²) >= 11 is 0. The Morgan fingerprint density at radius 2 is 1.52 bits per heavy atom. The number of rotatable bonds is 7. The normalized spacial score (nSPS) is 14.8. The van der Waals surface area contributed by atoms with E-state index in [-0.39, 0.29) is 24.7 Å². The van der Waals surface area contributed by atoms with Gasteiger partial charge >= 0.3 is 12.1 Å². The van der Waals surface area contributed by atoms with Gasteiger partial charge in [-0.1, -0.05) is 0 Å². The van der Waals surface area contributed by atoms with Crippen LogP contribution in [0.3, 0.4) is 0 Å². The number of hydrogen-bond acceptors (Lipinski definition) is 6. The number of nitrogens with zero attached hydrogens (tertiary/aromatic N) is 3. The summed E-state index contributed by atoms with van der Waals surface area (Å²) < 4.78 is 1.72. The molecular formula is C18H29N7O4. The average molecular weight is 407 g/mol. The molecule has 0 bridgehead atoms. The molecule has 0 aliphatic carbocycles. The molecule has 1 saturated heterocycles. The van der Waals surface area contributed by atoms with Crippen LogP contribution in [0.25, 0.3) is 0 Å². The third-order valence-corrected chi connectivity index (χ3v) is 4.90. The summed E-state index contributed by atoms with van der Waals surface area (Å²) in [4.78, 5) is 47.8. The number of imide groups is 2. The van der Waals surface area contributed by atoms with Crippen LogP contribution < -0.4 is 21.3 Å². The minimum Gasteiger partial charge on any atom is -0.341 e. The van der Waals surface area contributed by atoms with E-state index in [1.807, 2.05) is 12.4 Å². The molecule has 0 atom stereocenters. The Labute approximate surface area is 169 Å². The van der Waals surface area contributed by atoms with Crippen LogP contribution in [0.15, 0.2) is 12.4 Å². The monoisotopic (exact) mass is 407 g/mol. The highest BCUT2D eigenvalue weighted by molar-refractivity contribution is 5.94. The van der Waals surface area contributed by atoms with Crippen LogP contribution >= 0.6 is 0 Å². The van der Waals surface area contributed by atoms with Crippen LogP contribution in [-0.2, 0) is 16.1 Å². The summed E-state index contributed by atoms with van der Waals surface area (Å²) in [7, 11) is 2.92. The molecule has 0 spiro atoms. The lowest BCUT2D eigenvalue weighted by molar-refractivity contribution is -0.121. The fraction of sp³-hybridized carbons (Fsp3) is 0.611. The number of aromatic nitrogens is 2. The molecule has 29 heavy (non-hydrogen) atoms. The van der Waals surface area contributed by atoms with E-state index >= 15 is 0 Å². The standard InChI is InChI=1S/C18H29N7O4/c1-19-17(28)22-15(26)5-9-24-7-3-13(4-8-24)14-11-21-25(12-14)10-6-16(27)23-18(29)20-2/h11-13H,3-10H2,1-2H3,(H2,19,22,26,28)(H2,20,23,27,29). The van der Waals surface area contributed by atoms with Gasteiger partial charge in [0.25, 0.3) is 0 Å². The van der Waals surface area contributed by atoms with Crippen LogP contribution in [0.2, 0.25) is 0 Å². The van der Waals surface area contributed by atoms with Crippen LogP contribution in [0.4, 0.5) is 9.59 Å². The number of aryl methyl sites for hydroxylation is 1. The molecule has 0 unspecified atom stereocenters.